The number of carbonyl (C=O) groups is 4. The van der Waals surface area contributed by atoms with E-state index >= 15 is 0 Å². The first kappa shape index (κ1) is 19.8. The maximum absolute atomic E-state index is 12.2. The molecule has 3 rings (SSSR count). The minimum Gasteiger partial charge on any atom is -0.464 e. The summed E-state index contributed by atoms with van der Waals surface area (Å²) in [6.07, 6.45) is 1.95. The first-order valence-corrected chi connectivity index (χ1v) is 10.0. The van der Waals surface area contributed by atoms with Crippen LogP contribution >= 0.6 is 11.8 Å². The Kier molecular flexibility index (Phi) is 6.26. The van der Waals surface area contributed by atoms with Gasteiger partial charge in [-0.15, -0.1) is 11.8 Å². The molecule has 144 valence electrons. The van der Waals surface area contributed by atoms with Crippen molar-refractivity contribution in [2.45, 2.75) is 17.7 Å². The summed E-state index contributed by atoms with van der Waals surface area (Å²) in [7, 11) is 0. The number of ketones is 1. The fourth-order valence-corrected chi connectivity index (χ4v) is 3.31. The normalized spacial score (nSPS) is 12.8. The molecule has 1 heterocycles. The summed E-state index contributed by atoms with van der Waals surface area (Å²) in [6.45, 7) is -0.108. The molecule has 0 bridgehead atoms. The maximum Gasteiger partial charge on any atom is 0.306 e. The number of hydrogen-bond acceptors (Lipinski definition) is 6. The average molecular weight is 397 g/mol. The van der Waals surface area contributed by atoms with Crippen LogP contribution < -0.4 is 0 Å². The number of Topliss-reactive ketones (excluding diaryl/α,β-unsaturated/α-hetero) is 1. The molecule has 0 spiro atoms. The number of benzene rings is 2. The molecule has 0 saturated carbocycles. The molecule has 0 unspecified atom stereocenters. The molecule has 0 N–H and O–H groups in total. The number of carbonyl (C=O) groups excluding carboxylic acids is 4. The van der Waals surface area contributed by atoms with Crippen LogP contribution in [0.15, 0.2) is 53.4 Å². The molecule has 2 amide bonds. The highest BCUT2D eigenvalue weighted by Crippen LogP contribution is 2.22. The Labute approximate surface area is 166 Å². The number of hydrogen-bond donors (Lipinski definition) is 0. The van der Waals surface area contributed by atoms with Gasteiger partial charge in [0.05, 0.1) is 24.1 Å². The van der Waals surface area contributed by atoms with Crippen LogP contribution in [0, 0.1) is 0 Å². The van der Waals surface area contributed by atoms with E-state index in [1.165, 1.54) is 0 Å². The van der Waals surface area contributed by atoms with E-state index in [-0.39, 0.29) is 43.6 Å². The van der Waals surface area contributed by atoms with Crippen molar-refractivity contribution in [3.8, 4) is 0 Å². The Hall–Kier alpha value is -2.93. The molecular weight excluding hydrogens is 378 g/mol. The quantitative estimate of drug-likeness (QED) is 0.294. The molecule has 6 nitrogen and oxygen atoms in total. The molecular formula is C21H19NO5S. The van der Waals surface area contributed by atoms with E-state index in [0.29, 0.717) is 16.7 Å². The number of thioether (sulfide) groups is 1. The van der Waals surface area contributed by atoms with E-state index in [1.54, 1.807) is 48.2 Å². The minimum atomic E-state index is -0.536. The predicted octanol–water partition coefficient (Wildman–Crippen LogP) is 3.21. The van der Waals surface area contributed by atoms with Crippen LogP contribution in [0.2, 0.25) is 0 Å². The van der Waals surface area contributed by atoms with Crippen LogP contribution in [-0.2, 0) is 9.53 Å². The van der Waals surface area contributed by atoms with Crippen LogP contribution in [0.1, 0.15) is 43.9 Å². The lowest BCUT2D eigenvalue weighted by Gasteiger charge is -2.13. The second-order valence-electron chi connectivity index (χ2n) is 6.18. The first-order valence-electron chi connectivity index (χ1n) is 8.79. The Balaban J connectivity index is 1.43. The summed E-state index contributed by atoms with van der Waals surface area (Å²) in [5, 5.41) is 0. The fourth-order valence-electron chi connectivity index (χ4n) is 2.90. The number of rotatable bonds is 8. The summed E-state index contributed by atoms with van der Waals surface area (Å²) < 4.78 is 5.08. The molecule has 0 saturated heterocycles. The summed E-state index contributed by atoms with van der Waals surface area (Å²) in [5.41, 5.74) is 1.27. The molecule has 1 aliphatic rings. The van der Waals surface area contributed by atoms with Gasteiger partial charge in [-0.25, -0.2) is 0 Å². The lowest BCUT2D eigenvalue weighted by molar-refractivity contribution is -0.143. The highest BCUT2D eigenvalue weighted by Gasteiger charge is 2.34. The molecule has 28 heavy (non-hydrogen) atoms. The smallest absolute Gasteiger partial charge is 0.306 e. The first-order chi connectivity index (χ1) is 13.5. The number of ether oxygens (including phenoxy) is 1. The van der Waals surface area contributed by atoms with Gasteiger partial charge in [-0.05, 0) is 30.5 Å². The fraction of sp³-hybridized carbons (Fsp3) is 0.238. The molecule has 2 aromatic carbocycles. The highest BCUT2D eigenvalue weighted by atomic mass is 32.2. The van der Waals surface area contributed by atoms with E-state index in [0.717, 1.165) is 9.80 Å². The van der Waals surface area contributed by atoms with Gasteiger partial charge in [0, 0.05) is 16.9 Å². The van der Waals surface area contributed by atoms with Crippen LogP contribution in [0.3, 0.4) is 0 Å². The zero-order valence-electron chi connectivity index (χ0n) is 15.3. The molecule has 0 radical (unpaired) electrons. The highest BCUT2D eigenvalue weighted by molar-refractivity contribution is 7.98. The van der Waals surface area contributed by atoms with E-state index in [2.05, 4.69) is 0 Å². The number of imide groups is 1. The molecule has 0 aliphatic carbocycles. The van der Waals surface area contributed by atoms with Crippen LogP contribution in [0.4, 0.5) is 0 Å². The van der Waals surface area contributed by atoms with E-state index in [4.69, 9.17) is 4.74 Å². The Morgan fingerprint density at radius 3 is 2.11 bits per heavy atom. The summed E-state index contributed by atoms with van der Waals surface area (Å²) >= 11 is 1.59. The molecule has 0 aromatic heterocycles. The van der Waals surface area contributed by atoms with Gasteiger partial charge < -0.3 is 4.74 Å². The Bertz CT molecular complexity index is 888. The van der Waals surface area contributed by atoms with Crippen molar-refractivity contribution in [2.75, 3.05) is 19.4 Å². The largest absolute Gasteiger partial charge is 0.464 e. The van der Waals surface area contributed by atoms with Gasteiger partial charge in [0.1, 0.15) is 6.61 Å². The third-order valence-corrected chi connectivity index (χ3v) is 5.17. The zero-order valence-corrected chi connectivity index (χ0v) is 16.2. The van der Waals surface area contributed by atoms with Gasteiger partial charge in [0.2, 0.25) is 0 Å². The van der Waals surface area contributed by atoms with Gasteiger partial charge in [-0.3, -0.25) is 24.1 Å². The lowest BCUT2D eigenvalue weighted by Crippen LogP contribution is -2.33. The van der Waals surface area contributed by atoms with Crippen LogP contribution in [0.5, 0.6) is 0 Å². The van der Waals surface area contributed by atoms with Gasteiger partial charge in [0.15, 0.2) is 5.78 Å². The molecule has 0 fully saturated rings. The van der Waals surface area contributed by atoms with Crippen molar-refractivity contribution in [3.63, 3.8) is 0 Å². The van der Waals surface area contributed by atoms with E-state index < -0.39 is 5.97 Å². The predicted molar refractivity (Wildman–Crippen MR) is 105 cm³/mol. The monoisotopic (exact) mass is 397 g/mol. The standard InChI is InChI=1S/C21H19NO5S/c1-28-15-8-6-14(7-9-15)18(23)10-11-19(24)27-13-12-22-20(25)16-4-2-3-5-17(16)21(22)26/h2-9H,10-13H2,1H3. The topological polar surface area (TPSA) is 80.8 Å². The van der Waals surface area contributed by atoms with Gasteiger partial charge in [-0.1, -0.05) is 24.3 Å². The van der Waals surface area contributed by atoms with Crippen LogP contribution in [0.25, 0.3) is 0 Å². The third-order valence-electron chi connectivity index (χ3n) is 4.42. The van der Waals surface area contributed by atoms with Crippen molar-refractivity contribution in [3.05, 3.63) is 65.2 Å². The minimum absolute atomic E-state index is 0.0117. The van der Waals surface area contributed by atoms with Gasteiger partial charge in [-0.2, -0.15) is 0 Å². The SMILES string of the molecule is CSc1ccc(C(=O)CCC(=O)OCCN2C(=O)c3ccccc3C2=O)cc1. The van der Waals surface area contributed by atoms with Crippen molar-refractivity contribution >= 4 is 35.3 Å². The second kappa shape index (κ2) is 8.84. The zero-order chi connectivity index (χ0) is 20.1. The molecule has 2 aromatic rings. The number of nitrogens with zero attached hydrogens (tertiary/aromatic N) is 1. The van der Waals surface area contributed by atoms with Gasteiger partial charge >= 0.3 is 5.97 Å². The van der Waals surface area contributed by atoms with Gasteiger partial charge in [0.25, 0.3) is 11.8 Å². The number of amides is 2. The summed E-state index contributed by atoms with van der Waals surface area (Å²) in [6, 6.07) is 13.8. The third kappa shape index (κ3) is 4.31. The van der Waals surface area contributed by atoms with Crippen molar-refractivity contribution in [1.29, 1.82) is 0 Å². The van der Waals surface area contributed by atoms with Crippen molar-refractivity contribution in [2.24, 2.45) is 0 Å². The molecule has 7 heteroatoms. The summed E-state index contributed by atoms with van der Waals surface area (Å²) in [4.78, 5) is 50.6. The van der Waals surface area contributed by atoms with E-state index in [1.807, 2.05) is 18.4 Å². The maximum atomic E-state index is 12.2. The van der Waals surface area contributed by atoms with Crippen molar-refractivity contribution < 1.29 is 23.9 Å². The number of esters is 1. The second-order valence-corrected chi connectivity index (χ2v) is 7.06. The summed E-state index contributed by atoms with van der Waals surface area (Å²) in [5.74, 6) is -1.45. The molecule has 0 atom stereocenters. The lowest BCUT2D eigenvalue weighted by atomic mass is 10.1. The van der Waals surface area contributed by atoms with E-state index in [9.17, 15) is 19.2 Å². The van der Waals surface area contributed by atoms with Crippen molar-refractivity contribution in [1.82, 2.24) is 4.90 Å². The Morgan fingerprint density at radius 2 is 1.54 bits per heavy atom. The number of fused-ring (bicyclic) bond motifs is 1. The Morgan fingerprint density at radius 1 is 0.929 bits per heavy atom. The molecule has 1 aliphatic heterocycles. The average Bonchev–Trinajstić information content (AvgIpc) is 2.97. The van der Waals surface area contributed by atoms with Crippen LogP contribution in [-0.4, -0.2) is 47.9 Å².